The maximum Gasteiger partial charge on any atom is 0.257 e. The third-order valence-corrected chi connectivity index (χ3v) is 6.41. The van der Waals surface area contributed by atoms with Gasteiger partial charge < -0.3 is 10.2 Å². The highest BCUT2D eigenvalue weighted by Gasteiger charge is 2.40. The Balaban J connectivity index is 1.63. The van der Waals surface area contributed by atoms with Crippen molar-refractivity contribution in [3.63, 3.8) is 0 Å². The highest BCUT2D eigenvalue weighted by Crippen LogP contribution is 2.40. The highest BCUT2D eigenvalue weighted by molar-refractivity contribution is 8.04. The quantitative estimate of drug-likeness (QED) is 0.829. The summed E-state index contributed by atoms with van der Waals surface area (Å²) in [6.07, 6.45) is 4.70. The number of fused-ring (bicyclic) bond motifs is 1. The van der Waals surface area contributed by atoms with Gasteiger partial charge in [-0.15, -0.1) is 11.8 Å². The zero-order valence-corrected chi connectivity index (χ0v) is 15.7. The van der Waals surface area contributed by atoms with Crippen molar-refractivity contribution >= 4 is 29.7 Å². The van der Waals surface area contributed by atoms with Crippen LogP contribution in [-0.4, -0.2) is 41.6 Å². The summed E-state index contributed by atoms with van der Waals surface area (Å²) in [5.41, 5.74) is 1.02. The van der Waals surface area contributed by atoms with Crippen molar-refractivity contribution in [1.82, 2.24) is 10.2 Å². The van der Waals surface area contributed by atoms with Gasteiger partial charge in [-0.05, 0) is 30.9 Å². The van der Waals surface area contributed by atoms with Crippen LogP contribution in [0.3, 0.4) is 0 Å². The van der Waals surface area contributed by atoms with Crippen molar-refractivity contribution in [2.24, 2.45) is 5.92 Å². The van der Waals surface area contributed by atoms with Crippen molar-refractivity contribution in [3.8, 4) is 6.07 Å². The summed E-state index contributed by atoms with van der Waals surface area (Å²) in [6.45, 7) is 0.463. The van der Waals surface area contributed by atoms with Crippen LogP contribution in [0.25, 0.3) is 6.08 Å². The van der Waals surface area contributed by atoms with Gasteiger partial charge in [0.05, 0.1) is 17.4 Å². The number of benzene rings is 1. The van der Waals surface area contributed by atoms with E-state index in [2.05, 4.69) is 11.4 Å². The van der Waals surface area contributed by atoms with Gasteiger partial charge in [0.1, 0.15) is 0 Å². The molecule has 1 N–H and O–H groups in total. The molecule has 0 radical (unpaired) electrons. The number of nitriles is 1. The molecular formula is C20H23N3O2S. The molecule has 1 saturated heterocycles. The largest absolute Gasteiger partial charge is 0.348 e. The van der Waals surface area contributed by atoms with E-state index >= 15 is 0 Å². The molecule has 3 atom stereocenters. The van der Waals surface area contributed by atoms with Crippen molar-refractivity contribution in [2.45, 2.75) is 37.0 Å². The number of hydrogen-bond donors (Lipinski definition) is 1. The van der Waals surface area contributed by atoms with E-state index in [1.54, 1.807) is 23.7 Å². The van der Waals surface area contributed by atoms with Gasteiger partial charge >= 0.3 is 0 Å². The van der Waals surface area contributed by atoms with Gasteiger partial charge in [-0.3, -0.25) is 9.59 Å². The molecule has 3 rings (SSSR count). The first-order chi connectivity index (χ1) is 12.6. The lowest BCUT2D eigenvalue weighted by Crippen LogP contribution is -2.51. The lowest BCUT2D eigenvalue weighted by atomic mass is 9.84. The number of thioether (sulfide) groups is 1. The first-order valence-electron chi connectivity index (χ1n) is 8.94. The van der Waals surface area contributed by atoms with Gasteiger partial charge in [0.25, 0.3) is 5.91 Å². The molecule has 2 amide bonds. The van der Waals surface area contributed by atoms with Crippen LogP contribution in [0.15, 0.2) is 35.2 Å². The van der Waals surface area contributed by atoms with Crippen LogP contribution in [0.4, 0.5) is 0 Å². The SMILES string of the molecule is CN(CCC#N)C(=O)C1CCC2S/C(=C\c3ccccc3)C(=O)NC2C1. The van der Waals surface area contributed by atoms with Crippen molar-refractivity contribution in [1.29, 1.82) is 5.26 Å². The Labute approximate surface area is 158 Å². The fourth-order valence-electron chi connectivity index (χ4n) is 3.56. The Bertz CT molecular complexity index is 741. The van der Waals surface area contributed by atoms with E-state index in [-0.39, 0.29) is 23.8 Å². The lowest BCUT2D eigenvalue weighted by molar-refractivity contribution is -0.135. The third-order valence-electron chi connectivity index (χ3n) is 4.99. The summed E-state index contributed by atoms with van der Waals surface area (Å²) in [5.74, 6) is -0.0323. The monoisotopic (exact) mass is 369 g/mol. The van der Waals surface area contributed by atoms with Crippen LogP contribution in [0.5, 0.6) is 0 Å². The molecule has 1 heterocycles. The van der Waals surface area contributed by atoms with Crippen LogP contribution in [0.1, 0.15) is 31.2 Å². The molecule has 1 aromatic rings. The molecule has 2 fully saturated rings. The van der Waals surface area contributed by atoms with Crippen LogP contribution in [0.2, 0.25) is 0 Å². The molecule has 0 aromatic heterocycles. The van der Waals surface area contributed by atoms with E-state index in [0.29, 0.717) is 24.6 Å². The molecule has 6 heteroatoms. The minimum Gasteiger partial charge on any atom is -0.348 e. The van der Waals surface area contributed by atoms with Crippen molar-refractivity contribution in [3.05, 3.63) is 40.8 Å². The summed E-state index contributed by atoms with van der Waals surface area (Å²) < 4.78 is 0. The normalized spacial score (nSPS) is 26.5. The number of rotatable bonds is 4. The van der Waals surface area contributed by atoms with Crippen LogP contribution in [0, 0.1) is 17.2 Å². The number of nitrogens with zero attached hydrogens (tertiary/aromatic N) is 2. The van der Waals surface area contributed by atoms with E-state index in [0.717, 1.165) is 23.3 Å². The highest BCUT2D eigenvalue weighted by atomic mass is 32.2. The van der Waals surface area contributed by atoms with Crippen LogP contribution < -0.4 is 5.32 Å². The molecule has 5 nitrogen and oxygen atoms in total. The summed E-state index contributed by atoms with van der Waals surface area (Å²) in [5, 5.41) is 12.1. The molecule has 1 aliphatic carbocycles. The molecule has 3 unspecified atom stereocenters. The Morgan fingerprint density at radius 1 is 1.38 bits per heavy atom. The van der Waals surface area contributed by atoms with E-state index in [1.165, 1.54) is 0 Å². The molecule has 26 heavy (non-hydrogen) atoms. The summed E-state index contributed by atoms with van der Waals surface area (Å²) in [4.78, 5) is 27.4. The zero-order chi connectivity index (χ0) is 18.5. The summed E-state index contributed by atoms with van der Waals surface area (Å²) in [7, 11) is 1.75. The maximum absolute atomic E-state index is 12.6. The van der Waals surface area contributed by atoms with Gasteiger partial charge in [-0.1, -0.05) is 30.3 Å². The second kappa shape index (κ2) is 8.41. The molecule has 0 bridgehead atoms. The Kier molecular flexibility index (Phi) is 6.00. The van der Waals surface area contributed by atoms with Crippen LogP contribution in [-0.2, 0) is 9.59 Å². The predicted molar refractivity (Wildman–Crippen MR) is 103 cm³/mol. The van der Waals surface area contributed by atoms with Gasteiger partial charge in [0, 0.05) is 30.8 Å². The number of amides is 2. The van der Waals surface area contributed by atoms with Gasteiger partial charge in [0.15, 0.2) is 0 Å². The standard InChI is InChI=1S/C20H23N3O2S/c1-23(11-5-10-21)20(25)15-8-9-17-16(13-15)22-19(24)18(26-17)12-14-6-3-2-4-7-14/h2-4,6-7,12,15-17H,5,8-9,11,13H2,1H3,(H,22,24)/b18-12-. The maximum atomic E-state index is 12.6. The Hall–Kier alpha value is -2.26. The smallest absolute Gasteiger partial charge is 0.257 e. The second-order valence-corrected chi connectivity index (χ2v) is 8.11. The molecule has 1 aromatic carbocycles. The molecular weight excluding hydrogens is 346 g/mol. The average molecular weight is 369 g/mol. The third kappa shape index (κ3) is 4.28. The van der Waals surface area contributed by atoms with E-state index in [9.17, 15) is 9.59 Å². The van der Waals surface area contributed by atoms with E-state index < -0.39 is 0 Å². The van der Waals surface area contributed by atoms with E-state index in [1.807, 2.05) is 36.4 Å². The number of hydrogen-bond acceptors (Lipinski definition) is 4. The van der Waals surface area contributed by atoms with Crippen LogP contribution >= 0.6 is 11.8 Å². The predicted octanol–water partition coefficient (Wildman–Crippen LogP) is 2.80. The summed E-state index contributed by atoms with van der Waals surface area (Å²) in [6, 6.07) is 12.0. The van der Waals surface area contributed by atoms with E-state index in [4.69, 9.17) is 5.26 Å². The second-order valence-electron chi connectivity index (χ2n) is 6.83. The van der Waals surface area contributed by atoms with Gasteiger partial charge in [0.2, 0.25) is 5.91 Å². The minimum absolute atomic E-state index is 0.0347. The molecule has 0 spiro atoms. The zero-order valence-electron chi connectivity index (χ0n) is 14.9. The first kappa shape index (κ1) is 18.5. The fraction of sp³-hybridized carbons (Fsp3) is 0.450. The number of carbonyl (C=O) groups excluding carboxylic acids is 2. The molecule has 1 aliphatic heterocycles. The minimum atomic E-state index is -0.0690. The lowest BCUT2D eigenvalue weighted by Gasteiger charge is -2.40. The molecule has 2 aliphatic rings. The number of nitrogens with one attached hydrogen (secondary N) is 1. The topological polar surface area (TPSA) is 73.2 Å². The van der Waals surface area contributed by atoms with Crippen molar-refractivity contribution in [2.75, 3.05) is 13.6 Å². The Morgan fingerprint density at radius 2 is 2.15 bits per heavy atom. The molecule has 1 saturated carbocycles. The number of carbonyl (C=O) groups is 2. The fourth-order valence-corrected chi connectivity index (χ4v) is 4.85. The Morgan fingerprint density at radius 3 is 2.88 bits per heavy atom. The van der Waals surface area contributed by atoms with Crippen molar-refractivity contribution < 1.29 is 9.59 Å². The van der Waals surface area contributed by atoms with Gasteiger partial charge in [-0.25, -0.2) is 0 Å². The average Bonchev–Trinajstić information content (AvgIpc) is 2.66. The molecule has 136 valence electrons. The summed E-state index contributed by atoms with van der Waals surface area (Å²) >= 11 is 1.64. The first-order valence-corrected chi connectivity index (χ1v) is 9.82. The van der Waals surface area contributed by atoms with Gasteiger partial charge in [-0.2, -0.15) is 5.26 Å².